The van der Waals surface area contributed by atoms with Crippen LogP contribution in [-0.2, 0) is 14.3 Å². The van der Waals surface area contributed by atoms with Crippen LogP contribution in [0.3, 0.4) is 0 Å². The zero-order valence-electron chi connectivity index (χ0n) is 55.6. The van der Waals surface area contributed by atoms with E-state index in [0.717, 1.165) is 38.5 Å². The van der Waals surface area contributed by atoms with Crippen LogP contribution in [0.15, 0.2) is 0 Å². The summed E-state index contributed by atoms with van der Waals surface area (Å²) in [7, 11) is 0. The van der Waals surface area contributed by atoms with Crippen LogP contribution in [0.4, 0.5) is 0 Å². The normalized spacial score (nSPS) is 12.4. The van der Waals surface area contributed by atoms with Gasteiger partial charge in [0.05, 0.1) is 25.4 Å². The van der Waals surface area contributed by atoms with Gasteiger partial charge < -0.3 is 20.3 Å². The van der Waals surface area contributed by atoms with E-state index >= 15 is 0 Å². The van der Waals surface area contributed by atoms with E-state index in [1.165, 1.54) is 372 Å². The summed E-state index contributed by atoms with van der Waals surface area (Å²) in [6.45, 7) is 5.00. The summed E-state index contributed by atoms with van der Waals surface area (Å²) in [6, 6.07) is -0.536. The van der Waals surface area contributed by atoms with E-state index in [1.54, 1.807) is 0 Å². The Morgan fingerprint density at radius 1 is 0.296 bits per heavy atom. The Bertz CT molecular complexity index is 1180. The third-order valence-electron chi connectivity index (χ3n) is 18.2. The second-order valence-corrected chi connectivity index (χ2v) is 26.4. The minimum Gasteiger partial charge on any atom is -0.466 e. The Morgan fingerprint density at radius 2 is 0.506 bits per heavy atom. The monoisotopic (exact) mass is 1140 g/mol. The number of hydrogen-bond donors (Lipinski definition) is 3. The molecule has 0 saturated heterocycles. The average molecular weight is 1150 g/mol. The number of esters is 1. The minimum absolute atomic E-state index is 0.0242. The molecule has 3 N–H and O–H groups in total. The summed E-state index contributed by atoms with van der Waals surface area (Å²) >= 11 is 0. The Morgan fingerprint density at radius 3 is 0.753 bits per heavy atom. The van der Waals surface area contributed by atoms with Gasteiger partial charge in [-0.1, -0.05) is 406 Å². The molecule has 0 fully saturated rings. The first kappa shape index (κ1) is 79.9. The first-order chi connectivity index (χ1) is 40.0. The SMILES string of the molecule is CCCCCCCCCCCCCCCCCCC(O)C(CO)NC(=O)CCCCCCCCCCCCCCCCCCCCCCCCCCCCCCCCCCCCCCCOC(=O)CCCCCCCCCCCCC. The van der Waals surface area contributed by atoms with Crippen molar-refractivity contribution in [3.63, 3.8) is 0 Å². The van der Waals surface area contributed by atoms with Gasteiger partial charge >= 0.3 is 5.97 Å². The van der Waals surface area contributed by atoms with Crippen molar-refractivity contribution < 1.29 is 24.5 Å². The van der Waals surface area contributed by atoms with E-state index in [2.05, 4.69) is 19.2 Å². The third-order valence-corrected chi connectivity index (χ3v) is 18.2. The largest absolute Gasteiger partial charge is 0.466 e. The number of carbonyl (C=O) groups is 2. The molecule has 6 nitrogen and oxygen atoms in total. The molecule has 0 aliphatic rings. The quantitative estimate of drug-likeness (QED) is 0.0417. The maximum Gasteiger partial charge on any atom is 0.305 e. The molecule has 0 radical (unpaired) electrons. The molecule has 0 heterocycles. The molecule has 2 atom stereocenters. The van der Waals surface area contributed by atoms with E-state index in [4.69, 9.17) is 4.74 Å². The summed E-state index contributed by atoms with van der Waals surface area (Å²) < 4.78 is 5.48. The number of unbranched alkanes of at least 4 members (excludes halogenated alkanes) is 61. The molecule has 0 bridgehead atoms. The Balaban J connectivity index is 3.29. The van der Waals surface area contributed by atoms with Gasteiger partial charge in [-0.3, -0.25) is 9.59 Å². The van der Waals surface area contributed by atoms with E-state index in [-0.39, 0.29) is 18.5 Å². The van der Waals surface area contributed by atoms with Crippen molar-refractivity contribution in [1.29, 1.82) is 0 Å². The van der Waals surface area contributed by atoms with Gasteiger partial charge in [0.1, 0.15) is 0 Å². The molecule has 2 unspecified atom stereocenters. The topological polar surface area (TPSA) is 95.9 Å². The smallest absolute Gasteiger partial charge is 0.305 e. The highest BCUT2D eigenvalue weighted by Crippen LogP contribution is 2.20. The second kappa shape index (κ2) is 71.3. The van der Waals surface area contributed by atoms with Crippen LogP contribution < -0.4 is 5.32 Å². The van der Waals surface area contributed by atoms with E-state index in [0.29, 0.717) is 25.9 Å². The number of rotatable bonds is 72. The van der Waals surface area contributed by atoms with Gasteiger partial charge in [-0.2, -0.15) is 0 Å². The molecule has 1 amide bonds. The van der Waals surface area contributed by atoms with Crippen molar-refractivity contribution in [1.82, 2.24) is 5.32 Å². The Hall–Kier alpha value is -1.14. The fourth-order valence-corrected chi connectivity index (χ4v) is 12.4. The maximum absolute atomic E-state index is 12.5. The number of aliphatic hydroxyl groups is 2. The van der Waals surface area contributed by atoms with Crippen molar-refractivity contribution in [2.45, 2.75) is 456 Å². The molecule has 0 spiro atoms. The minimum atomic E-state index is -0.659. The summed E-state index contributed by atoms with van der Waals surface area (Å²) in [4.78, 5) is 24.5. The molecule has 0 rings (SSSR count). The molecule has 0 aliphatic heterocycles. The molecule has 6 heteroatoms. The van der Waals surface area contributed by atoms with Crippen molar-refractivity contribution in [2.24, 2.45) is 0 Å². The molecular formula is C75H149NO5. The molecular weight excluding hydrogens is 995 g/mol. The first-order valence-electron chi connectivity index (χ1n) is 37.8. The lowest BCUT2D eigenvalue weighted by Gasteiger charge is -2.22. The van der Waals surface area contributed by atoms with Crippen molar-refractivity contribution in [3.8, 4) is 0 Å². The summed E-state index contributed by atoms with van der Waals surface area (Å²) in [5.74, 6) is -0.000624. The lowest BCUT2D eigenvalue weighted by Crippen LogP contribution is -2.45. The lowest BCUT2D eigenvalue weighted by atomic mass is 10.0. The summed E-state index contributed by atoms with van der Waals surface area (Å²) in [5.41, 5.74) is 0. The average Bonchev–Trinajstić information content (AvgIpc) is 3.47. The zero-order valence-corrected chi connectivity index (χ0v) is 55.6. The molecule has 0 aromatic heterocycles. The zero-order chi connectivity index (χ0) is 58.5. The second-order valence-electron chi connectivity index (χ2n) is 26.4. The number of amides is 1. The number of ether oxygens (including phenoxy) is 1. The third kappa shape index (κ3) is 67.9. The number of hydrogen-bond acceptors (Lipinski definition) is 5. The highest BCUT2D eigenvalue weighted by molar-refractivity contribution is 5.76. The number of nitrogens with one attached hydrogen (secondary N) is 1. The maximum atomic E-state index is 12.5. The molecule has 484 valence electrons. The standard InChI is InChI=1S/C75H149NO5/c1-3-5-7-9-11-13-15-16-17-41-44-48-51-55-59-63-67-73(78)72(71-77)76-74(79)68-64-60-56-52-49-45-42-39-37-35-33-31-29-27-25-23-21-19-18-20-22-24-26-28-30-32-34-36-38-40-43-46-50-54-58-62-66-70-81-75(80)69-65-61-57-53-47-14-12-10-8-6-4-2/h72-73,77-78H,3-71H2,1-2H3,(H,76,79). The van der Waals surface area contributed by atoms with Gasteiger partial charge in [0.25, 0.3) is 0 Å². The molecule has 0 aromatic carbocycles. The van der Waals surface area contributed by atoms with Crippen LogP contribution in [0.25, 0.3) is 0 Å². The highest BCUT2D eigenvalue weighted by Gasteiger charge is 2.20. The first-order valence-corrected chi connectivity index (χ1v) is 37.8. The fraction of sp³-hybridized carbons (Fsp3) is 0.973. The van der Waals surface area contributed by atoms with Crippen LogP contribution in [0, 0.1) is 0 Å². The lowest BCUT2D eigenvalue weighted by molar-refractivity contribution is -0.143. The van der Waals surface area contributed by atoms with Crippen LogP contribution in [-0.4, -0.2) is 47.4 Å². The molecule has 81 heavy (non-hydrogen) atoms. The van der Waals surface area contributed by atoms with Crippen LogP contribution in [0.5, 0.6) is 0 Å². The Kier molecular flexibility index (Phi) is 70.3. The van der Waals surface area contributed by atoms with E-state index in [9.17, 15) is 19.8 Å². The van der Waals surface area contributed by atoms with Crippen molar-refractivity contribution >= 4 is 11.9 Å². The van der Waals surface area contributed by atoms with Crippen LogP contribution in [0.2, 0.25) is 0 Å². The molecule has 0 aromatic rings. The van der Waals surface area contributed by atoms with E-state index < -0.39 is 12.1 Å². The van der Waals surface area contributed by atoms with Gasteiger partial charge in [0, 0.05) is 12.8 Å². The van der Waals surface area contributed by atoms with Gasteiger partial charge in [0.15, 0.2) is 0 Å². The van der Waals surface area contributed by atoms with Crippen LogP contribution in [0.1, 0.15) is 444 Å². The fourth-order valence-electron chi connectivity index (χ4n) is 12.4. The van der Waals surface area contributed by atoms with Gasteiger partial charge in [0.2, 0.25) is 5.91 Å². The van der Waals surface area contributed by atoms with Gasteiger partial charge in [-0.15, -0.1) is 0 Å². The van der Waals surface area contributed by atoms with E-state index in [1.807, 2.05) is 0 Å². The van der Waals surface area contributed by atoms with Crippen LogP contribution >= 0.6 is 0 Å². The number of carbonyl (C=O) groups excluding carboxylic acids is 2. The summed E-state index contributed by atoms with van der Waals surface area (Å²) in [5, 5.41) is 23.4. The molecule has 0 aliphatic carbocycles. The predicted molar refractivity (Wildman–Crippen MR) is 357 cm³/mol. The van der Waals surface area contributed by atoms with Crippen molar-refractivity contribution in [3.05, 3.63) is 0 Å². The Labute approximate surface area is 508 Å². The number of aliphatic hydroxyl groups excluding tert-OH is 2. The van der Waals surface area contributed by atoms with Crippen molar-refractivity contribution in [2.75, 3.05) is 13.2 Å². The van der Waals surface area contributed by atoms with Gasteiger partial charge in [-0.05, 0) is 25.7 Å². The predicted octanol–water partition coefficient (Wildman–Crippen LogP) is 24.5. The summed E-state index contributed by atoms with van der Waals surface area (Å²) in [6.07, 6.45) is 87.6. The molecule has 0 saturated carbocycles. The highest BCUT2D eigenvalue weighted by atomic mass is 16.5. The van der Waals surface area contributed by atoms with Gasteiger partial charge in [-0.25, -0.2) is 0 Å².